The number of fused-ring (bicyclic) bond motifs is 1. The second-order valence-corrected chi connectivity index (χ2v) is 3.68. The molecule has 2 aromatic rings. The Labute approximate surface area is 91.7 Å². The van der Waals surface area contributed by atoms with E-state index < -0.39 is 12.0 Å². The highest BCUT2D eigenvalue weighted by Crippen LogP contribution is 2.13. The topological polar surface area (TPSA) is 93.5 Å². The number of aryl methyl sites for hydroxylation is 1. The molecule has 2 heterocycles. The van der Waals surface area contributed by atoms with Gasteiger partial charge in [0.15, 0.2) is 5.65 Å². The zero-order valence-electron chi connectivity index (χ0n) is 8.79. The van der Waals surface area contributed by atoms with Gasteiger partial charge in [0.05, 0.1) is 12.1 Å². The second kappa shape index (κ2) is 3.90. The molecule has 0 aliphatic heterocycles. The molecule has 3 N–H and O–H groups in total. The Morgan fingerprint density at radius 1 is 1.69 bits per heavy atom. The lowest BCUT2D eigenvalue weighted by Gasteiger charge is -2.08. The van der Waals surface area contributed by atoms with Gasteiger partial charge in [0, 0.05) is 30.1 Å². The Hall–Kier alpha value is -1.95. The molecular weight excluding hydrogens is 208 g/mol. The summed E-state index contributed by atoms with van der Waals surface area (Å²) in [6.07, 6.45) is 3.18. The number of rotatable bonds is 3. The monoisotopic (exact) mass is 220 g/mol. The molecule has 0 bridgehead atoms. The predicted octanol–water partition coefficient (Wildman–Crippen LogP) is 0.512. The summed E-state index contributed by atoms with van der Waals surface area (Å²) in [6.45, 7) is 1.87. The SMILES string of the molecule is Cc1cc2ncc(C(N)CC(=O)O)cn2n1. The quantitative estimate of drug-likeness (QED) is 0.786. The number of hydrogen-bond donors (Lipinski definition) is 2. The Morgan fingerprint density at radius 2 is 2.44 bits per heavy atom. The second-order valence-electron chi connectivity index (χ2n) is 3.68. The number of aliphatic carboxylic acids is 1. The van der Waals surface area contributed by atoms with Gasteiger partial charge in [-0.1, -0.05) is 0 Å². The molecule has 0 spiro atoms. The molecule has 6 nitrogen and oxygen atoms in total. The number of nitrogens with two attached hydrogens (primary N) is 1. The van der Waals surface area contributed by atoms with Crippen LogP contribution >= 0.6 is 0 Å². The fourth-order valence-electron chi connectivity index (χ4n) is 1.51. The van der Waals surface area contributed by atoms with E-state index in [-0.39, 0.29) is 6.42 Å². The molecule has 2 aromatic heterocycles. The van der Waals surface area contributed by atoms with Gasteiger partial charge in [-0.2, -0.15) is 5.10 Å². The minimum atomic E-state index is -0.927. The van der Waals surface area contributed by atoms with Gasteiger partial charge in [0.1, 0.15) is 0 Å². The van der Waals surface area contributed by atoms with E-state index in [4.69, 9.17) is 10.8 Å². The van der Waals surface area contributed by atoms with Gasteiger partial charge in [-0.3, -0.25) is 4.79 Å². The summed E-state index contributed by atoms with van der Waals surface area (Å²) in [5.41, 5.74) is 7.98. The molecule has 0 aliphatic carbocycles. The van der Waals surface area contributed by atoms with E-state index in [1.165, 1.54) is 0 Å². The molecule has 0 saturated heterocycles. The van der Waals surface area contributed by atoms with Crippen molar-refractivity contribution in [1.82, 2.24) is 14.6 Å². The van der Waals surface area contributed by atoms with E-state index in [2.05, 4.69) is 10.1 Å². The van der Waals surface area contributed by atoms with Crippen molar-refractivity contribution in [1.29, 1.82) is 0 Å². The predicted molar refractivity (Wildman–Crippen MR) is 56.9 cm³/mol. The fourth-order valence-corrected chi connectivity index (χ4v) is 1.51. The van der Waals surface area contributed by atoms with Gasteiger partial charge >= 0.3 is 5.97 Å². The van der Waals surface area contributed by atoms with Gasteiger partial charge in [-0.15, -0.1) is 0 Å². The molecule has 16 heavy (non-hydrogen) atoms. The summed E-state index contributed by atoms with van der Waals surface area (Å²) >= 11 is 0. The number of carboxylic acid groups (broad SMARTS) is 1. The van der Waals surface area contributed by atoms with Crippen LogP contribution < -0.4 is 5.73 Å². The van der Waals surface area contributed by atoms with Crippen LogP contribution in [0.4, 0.5) is 0 Å². The fraction of sp³-hybridized carbons (Fsp3) is 0.300. The Bertz CT molecular complexity index is 535. The number of hydrogen-bond acceptors (Lipinski definition) is 4. The summed E-state index contributed by atoms with van der Waals surface area (Å²) in [5.74, 6) is -0.927. The highest BCUT2D eigenvalue weighted by molar-refractivity contribution is 5.67. The van der Waals surface area contributed by atoms with Crippen molar-refractivity contribution in [2.45, 2.75) is 19.4 Å². The average molecular weight is 220 g/mol. The highest BCUT2D eigenvalue weighted by atomic mass is 16.4. The number of carbonyl (C=O) groups is 1. The lowest BCUT2D eigenvalue weighted by molar-refractivity contribution is -0.137. The third-order valence-electron chi connectivity index (χ3n) is 2.28. The molecule has 0 aromatic carbocycles. The summed E-state index contributed by atoms with van der Waals surface area (Å²) in [6, 6.07) is 1.28. The van der Waals surface area contributed by atoms with Crippen molar-refractivity contribution in [2.24, 2.45) is 5.73 Å². The third kappa shape index (κ3) is 2.01. The number of carboxylic acids is 1. The summed E-state index contributed by atoms with van der Waals surface area (Å²) in [7, 11) is 0. The van der Waals surface area contributed by atoms with Crippen LogP contribution in [-0.4, -0.2) is 25.7 Å². The van der Waals surface area contributed by atoms with Crippen molar-refractivity contribution in [3.8, 4) is 0 Å². The Morgan fingerprint density at radius 3 is 3.12 bits per heavy atom. The van der Waals surface area contributed by atoms with Crippen LogP contribution in [0.15, 0.2) is 18.5 Å². The Balaban J connectivity index is 2.34. The lowest BCUT2D eigenvalue weighted by atomic mass is 10.1. The molecule has 0 aliphatic rings. The molecule has 2 rings (SSSR count). The van der Waals surface area contributed by atoms with Gasteiger partial charge in [0.2, 0.25) is 0 Å². The lowest BCUT2D eigenvalue weighted by Crippen LogP contribution is -2.16. The maximum Gasteiger partial charge on any atom is 0.305 e. The van der Waals surface area contributed by atoms with Gasteiger partial charge < -0.3 is 10.8 Å². The van der Waals surface area contributed by atoms with Crippen LogP contribution in [0.25, 0.3) is 5.65 Å². The normalized spacial score (nSPS) is 12.9. The maximum atomic E-state index is 10.5. The summed E-state index contributed by atoms with van der Waals surface area (Å²) in [5, 5.41) is 12.8. The first kappa shape index (κ1) is 10.6. The van der Waals surface area contributed by atoms with E-state index in [0.29, 0.717) is 5.56 Å². The molecule has 0 amide bonds. The van der Waals surface area contributed by atoms with E-state index in [1.54, 1.807) is 16.9 Å². The zero-order valence-corrected chi connectivity index (χ0v) is 8.79. The minimum absolute atomic E-state index is 0.118. The number of aromatic nitrogens is 3. The van der Waals surface area contributed by atoms with Crippen LogP contribution in [0.5, 0.6) is 0 Å². The minimum Gasteiger partial charge on any atom is -0.481 e. The molecule has 1 unspecified atom stereocenters. The molecule has 0 fully saturated rings. The third-order valence-corrected chi connectivity index (χ3v) is 2.28. The first-order valence-corrected chi connectivity index (χ1v) is 4.85. The van der Waals surface area contributed by atoms with Crippen molar-refractivity contribution in [3.63, 3.8) is 0 Å². The smallest absolute Gasteiger partial charge is 0.305 e. The number of nitrogens with zero attached hydrogens (tertiary/aromatic N) is 3. The van der Waals surface area contributed by atoms with Crippen LogP contribution in [0, 0.1) is 6.92 Å². The van der Waals surface area contributed by atoms with E-state index in [0.717, 1.165) is 11.3 Å². The highest BCUT2D eigenvalue weighted by Gasteiger charge is 2.12. The molecule has 0 radical (unpaired) electrons. The molecule has 1 atom stereocenters. The van der Waals surface area contributed by atoms with E-state index in [1.807, 2.05) is 13.0 Å². The van der Waals surface area contributed by atoms with E-state index >= 15 is 0 Å². The van der Waals surface area contributed by atoms with Crippen LogP contribution in [-0.2, 0) is 4.79 Å². The average Bonchev–Trinajstić information content (AvgIpc) is 2.55. The first-order valence-electron chi connectivity index (χ1n) is 4.85. The van der Waals surface area contributed by atoms with Crippen molar-refractivity contribution in [3.05, 3.63) is 29.7 Å². The van der Waals surface area contributed by atoms with Crippen molar-refractivity contribution < 1.29 is 9.90 Å². The molecule has 6 heteroatoms. The van der Waals surface area contributed by atoms with Crippen LogP contribution in [0.2, 0.25) is 0 Å². The van der Waals surface area contributed by atoms with E-state index in [9.17, 15) is 4.79 Å². The summed E-state index contributed by atoms with van der Waals surface area (Å²) < 4.78 is 1.60. The standard InChI is InChI=1S/C10H12N4O2/c1-6-2-9-12-4-7(5-14(9)13-6)8(11)3-10(15)16/h2,4-5,8H,3,11H2,1H3,(H,15,16). The first-order chi connectivity index (χ1) is 7.56. The van der Waals surface area contributed by atoms with Gasteiger partial charge in [-0.05, 0) is 6.92 Å². The molecule has 84 valence electrons. The Kier molecular flexibility index (Phi) is 2.57. The van der Waals surface area contributed by atoms with Gasteiger partial charge in [-0.25, -0.2) is 9.50 Å². The van der Waals surface area contributed by atoms with Crippen molar-refractivity contribution in [2.75, 3.05) is 0 Å². The van der Waals surface area contributed by atoms with Crippen LogP contribution in [0.1, 0.15) is 23.7 Å². The zero-order chi connectivity index (χ0) is 11.7. The van der Waals surface area contributed by atoms with Crippen LogP contribution in [0.3, 0.4) is 0 Å². The maximum absolute atomic E-state index is 10.5. The largest absolute Gasteiger partial charge is 0.481 e. The van der Waals surface area contributed by atoms with Gasteiger partial charge in [0.25, 0.3) is 0 Å². The molecular formula is C10H12N4O2. The van der Waals surface area contributed by atoms with Crippen molar-refractivity contribution >= 4 is 11.6 Å². The molecule has 0 saturated carbocycles. The summed E-state index contributed by atoms with van der Waals surface area (Å²) in [4.78, 5) is 14.7.